The Hall–Kier alpha value is -1.51. The Morgan fingerprint density at radius 2 is 2.46 bits per heavy atom. The maximum atomic E-state index is 11.0. The van der Waals surface area contributed by atoms with Crippen molar-refractivity contribution >= 4 is 5.97 Å². The predicted molar refractivity (Wildman–Crippen MR) is 47.9 cm³/mol. The minimum atomic E-state index is -0.274. The molecule has 70 valence electrons. The molecule has 0 aromatic carbocycles. The third-order valence-electron chi connectivity index (χ3n) is 1.40. The van der Waals surface area contributed by atoms with Gasteiger partial charge in [-0.05, 0) is 19.1 Å². The van der Waals surface area contributed by atoms with E-state index in [0.29, 0.717) is 5.76 Å². The van der Waals surface area contributed by atoms with Crippen LogP contribution in [0.2, 0.25) is 0 Å². The summed E-state index contributed by atoms with van der Waals surface area (Å²) in [6.45, 7) is 5.60. The number of ether oxygens (including phenoxy) is 1. The van der Waals surface area contributed by atoms with E-state index in [1.807, 2.05) is 0 Å². The number of hydrogen-bond acceptors (Lipinski definition) is 3. The molecule has 0 unspecified atom stereocenters. The zero-order valence-corrected chi connectivity index (χ0v) is 7.58. The van der Waals surface area contributed by atoms with Crippen LogP contribution in [0.4, 0.5) is 0 Å². The normalized spacial score (nSPS) is 9.62. The largest absolute Gasteiger partial charge is 0.466 e. The van der Waals surface area contributed by atoms with Crippen molar-refractivity contribution in [1.82, 2.24) is 0 Å². The Kier molecular flexibility index (Phi) is 3.31. The number of carbonyl (C=O) groups excluding carboxylic acids is 1. The molecule has 0 spiro atoms. The highest BCUT2D eigenvalue weighted by molar-refractivity contribution is 5.72. The van der Waals surface area contributed by atoms with Gasteiger partial charge in [0.1, 0.15) is 12.4 Å². The fourth-order valence-electron chi connectivity index (χ4n) is 0.844. The Morgan fingerprint density at radius 3 is 3.00 bits per heavy atom. The van der Waals surface area contributed by atoms with Gasteiger partial charge in [0.25, 0.3) is 0 Å². The summed E-state index contributed by atoms with van der Waals surface area (Å²) in [5, 5.41) is 0. The van der Waals surface area contributed by atoms with E-state index in [1.54, 1.807) is 25.3 Å². The lowest BCUT2D eigenvalue weighted by molar-refractivity contribution is -0.144. The Morgan fingerprint density at radius 1 is 1.69 bits per heavy atom. The number of rotatable bonds is 4. The average molecular weight is 180 g/mol. The van der Waals surface area contributed by atoms with Crippen molar-refractivity contribution in [2.45, 2.75) is 20.0 Å². The van der Waals surface area contributed by atoms with Gasteiger partial charge in [0.15, 0.2) is 0 Å². The Balaban J connectivity index is 2.27. The molecule has 0 aliphatic carbocycles. The molecule has 13 heavy (non-hydrogen) atoms. The zero-order chi connectivity index (χ0) is 9.68. The minimum Gasteiger partial charge on any atom is -0.466 e. The molecule has 1 aromatic heterocycles. The van der Waals surface area contributed by atoms with Gasteiger partial charge in [-0.3, -0.25) is 4.79 Å². The zero-order valence-electron chi connectivity index (χ0n) is 7.58. The van der Waals surface area contributed by atoms with Crippen molar-refractivity contribution in [2.75, 3.05) is 0 Å². The number of hydrogen-bond donors (Lipinski definition) is 0. The molecule has 0 radical (unpaired) electrons. The molecule has 1 heterocycles. The van der Waals surface area contributed by atoms with Crippen LogP contribution in [0.25, 0.3) is 0 Å². The van der Waals surface area contributed by atoms with Gasteiger partial charge in [-0.25, -0.2) is 0 Å². The van der Waals surface area contributed by atoms with Crippen LogP contribution in [-0.2, 0) is 16.1 Å². The minimum absolute atomic E-state index is 0.194. The summed E-state index contributed by atoms with van der Waals surface area (Å²) in [5.74, 6) is 0.374. The predicted octanol–water partition coefficient (Wildman–Crippen LogP) is 2.29. The van der Waals surface area contributed by atoms with E-state index in [1.165, 1.54) is 0 Å². The highest BCUT2D eigenvalue weighted by Crippen LogP contribution is 2.04. The fraction of sp³-hybridized carbons (Fsp3) is 0.300. The SMILES string of the molecule is C=C(C)CC(=O)OCc1ccco1. The lowest BCUT2D eigenvalue weighted by Gasteiger charge is -2.01. The quantitative estimate of drug-likeness (QED) is 0.527. The third kappa shape index (κ3) is 3.60. The molecule has 3 heteroatoms. The van der Waals surface area contributed by atoms with E-state index < -0.39 is 0 Å². The third-order valence-corrected chi connectivity index (χ3v) is 1.40. The van der Waals surface area contributed by atoms with Gasteiger partial charge < -0.3 is 9.15 Å². The van der Waals surface area contributed by atoms with Crippen LogP contribution in [0.5, 0.6) is 0 Å². The first kappa shape index (κ1) is 9.58. The van der Waals surface area contributed by atoms with Crippen LogP contribution in [0, 0.1) is 0 Å². The second kappa shape index (κ2) is 4.50. The van der Waals surface area contributed by atoms with Gasteiger partial charge in [-0.1, -0.05) is 12.2 Å². The molecule has 0 fully saturated rings. The van der Waals surface area contributed by atoms with E-state index in [2.05, 4.69) is 6.58 Å². The van der Waals surface area contributed by atoms with Gasteiger partial charge in [0.2, 0.25) is 0 Å². The van der Waals surface area contributed by atoms with Crippen LogP contribution in [0.15, 0.2) is 35.0 Å². The molecule has 0 saturated carbocycles. The molecule has 0 bridgehead atoms. The molecular formula is C10H12O3. The molecule has 1 aromatic rings. The maximum Gasteiger partial charge on any atom is 0.310 e. The molecule has 0 aliphatic rings. The highest BCUT2D eigenvalue weighted by Gasteiger charge is 2.04. The monoisotopic (exact) mass is 180 g/mol. The van der Waals surface area contributed by atoms with Crippen molar-refractivity contribution in [3.63, 3.8) is 0 Å². The lowest BCUT2D eigenvalue weighted by atomic mass is 10.2. The summed E-state index contributed by atoms with van der Waals surface area (Å²) in [7, 11) is 0. The van der Waals surface area contributed by atoms with Crippen LogP contribution >= 0.6 is 0 Å². The van der Waals surface area contributed by atoms with Crippen LogP contribution < -0.4 is 0 Å². The summed E-state index contributed by atoms with van der Waals surface area (Å²) >= 11 is 0. The molecule has 0 amide bonds. The average Bonchev–Trinajstić information content (AvgIpc) is 2.51. The fourth-order valence-corrected chi connectivity index (χ4v) is 0.844. The second-order valence-corrected chi connectivity index (χ2v) is 2.87. The maximum absolute atomic E-state index is 11.0. The van der Waals surface area contributed by atoms with Crippen molar-refractivity contribution in [1.29, 1.82) is 0 Å². The van der Waals surface area contributed by atoms with Gasteiger partial charge in [-0.15, -0.1) is 0 Å². The summed E-state index contributed by atoms with van der Waals surface area (Å²) in [5.41, 5.74) is 0.796. The first-order valence-electron chi connectivity index (χ1n) is 4.01. The number of furan rings is 1. The van der Waals surface area contributed by atoms with Crippen LogP contribution in [-0.4, -0.2) is 5.97 Å². The van der Waals surface area contributed by atoms with Gasteiger partial charge in [-0.2, -0.15) is 0 Å². The number of carbonyl (C=O) groups is 1. The van der Waals surface area contributed by atoms with E-state index in [9.17, 15) is 4.79 Å². The first-order valence-corrected chi connectivity index (χ1v) is 4.01. The summed E-state index contributed by atoms with van der Waals surface area (Å²) in [4.78, 5) is 11.0. The lowest BCUT2D eigenvalue weighted by Crippen LogP contribution is -2.03. The van der Waals surface area contributed by atoms with E-state index in [4.69, 9.17) is 9.15 Å². The van der Waals surface area contributed by atoms with E-state index in [0.717, 1.165) is 5.57 Å². The standard InChI is InChI=1S/C10H12O3/c1-8(2)6-10(11)13-7-9-4-3-5-12-9/h3-5H,1,6-7H2,2H3. The molecule has 0 saturated heterocycles. The molecule has 1 rings (SSSR count). The summed E-state index contributed by atoms with van der Waals surface area (Å²) in [6.07, 6.45) is 1.81. The summed E-state index contributed by atoms with van der Waals surface area (Å²) in [6, 6.07) is 3.51. The molecule has 3 nitrogen and oxygen atoms in total. The highest BCUT2D eigenvalue weighted by atomic mass is 16.5. The first-order chi connectivity index (χ1) is 6.18. The Labute approximate surface area is 77.0 Å². The topological polar surface area (TPSA) is 39.4 Å². The van der Waals surface area contributed by atoms with Crippen LogP contribution in [0.1, 0.15) is 19.1 Å². The van der Waals surface area contributed by atoms with E-state index in [-0.39, 0.29) is 19.0 Å². The van der Waals surface area contributed by atoms with E-state index >= 15 is 0 Å². The van der Waals surface area contributed by atoms with Crippen molar-refractivity contribution in [3.05, 3.63) is 36.3 Å². The van der Waals surface area contributed by atoms with Crippen molar-refractivity contribution < 1.29 is 13.9 Å². The molecule has 0 atom stereocenters. The van der Waals surface area contributed by atoms with Gasteiger partial charge >= 0.3 is 5.97 Å². The molecular weight excluding hydrogens is 168 g/mol. The smallest absolute Gasteiger partial charge is 0.310 e. The molecule has 0 aliphatic heterocycles. The van der Waals surface area contributed by atoms with Gasteiger partial charge in [0.05, 0.1) is 12.7 Å². The molecule has 0 N–H and O–H groups in total. The van der Waals surface area contributed by atoms with Crippen molar-refractivity contribution in [2.24, 2.45) is 0 Å². The van der Waals surface area contributed by atoms with Gasteiger partial charge in [0, 0.05) is 0 Å². The number of esters is 1. The summed E-state index contributed by atoms with van der Waals surface area (Å²) < 4.78 is 9.89. The second-order valence-electron chi connectivity index (χ2n) is 2.87. The van der Waals surface area contributed by atoms with Crippen molar-refractivity contribution in [3.8, 4) is 0 Å². The van der Waals surface area contributed by atoms with Crippen LogP contribution in [0.3, 0.4) is 0 Å². The Bertz CT molecular complexity index is 285.